The van der Waals surface area contributed by atoms with Crippen LogP contribution in [0.15, 0.2) is 30.5 Å². The van der Waals surface area contributed by atoms with E-state index in [4.69, 9.17) is 16.3 Å². The van der Waals surface area contributed by atoms with Gasteiger partial charge in [-0.15, -0.1) is 0 Å². The molecule has 0 radical (unpaired) electrons. The van der Waals surface area contributed by atoms with Gasteiger partial charge in [0.25, 0.3) is 5.88 Å². The van der Waals surface area contributed by atoms with Crippen molar-refractivity contribution in [3.8, 4) is 11.6 Å². The third-order valence-corrected chi connectivity index (χ3v) is 2.18. The number of aromatic nitrogens is 2. The van der Waals surface area contributed by atoms with Crippen molar-refractivity contribution in [3.05, 3.63) is 41.3 Å². The van der Waals surface area contributed by atoms with Crippen LogP contribution < -0.4 is 10.1 Å². The van der Waals surface area contributed by atoms with E-state index < -0.39 is 5.82 Å². The second-order valence-corrected chi connectivity index (χ2v) is 3.59. The monoisotopic (exact) mass is 253 g/mol. The molecule has 17 heavy (non-hydrogen) atoms. The number of hydrogen-bond acceptors (Lipinski definition) is 4. The summed E-state index contributed by atoms with van der Waals surface area (Å²) in [4.78, 5) is 7.57. The van der Waals surface area contributed by atoms with E-state index in [2.05, 4.69) is 15.3 Å². The lowest BCUT2D eigenvalue weighted by atomic mass is 10.3. The van der Waals surface area contributed by atoms with Crippen LogP contribution in [0.3, 0.4) is 0 Å². The minimum absolute atomic E-state index is 0.147. The van der Waals surface area contributed by atoms with Crippen LogP contribution in [0.25, 0.3) is 0 Å². The predicted octanol–water partition coefficient (Wildman–Crippen LogP) is 3.10. The normalized spacial score (nSPS) is 10.1. The third-order valence-electron chi connectivity index (χ3n) is 1.95. The van der Waals surface area contributed by atoms with Gasteiger partial charge in [0.05, 0.1) is 6.20 Å². The van der Waals surface area contributed by atoms with Crippen molar-refractivity contribution in [1.82, 2.24) is 9.97 Å². The van der Waals surface area contributed by atoms with Gasteiger partial charge < -0.3 is 10.1 Å². The van der Waals surface area contributed by atoms with Gasteiger partial charge in [-0.3, -0.25) is 0 Å². The number of ether oxygens (including phenoxy) is 1. The molecule has 0 amide bonds. The first kappa shape index (κ1) is 11.6. The van der Waals surface area contributed by atoms with Gasteiger partial charge in [-0.25, -0.2) is 4.98 Å². The standard InChI is InChI=1S/C11H9ClFN3O/c1-14-11-15-6-9(13)10(16-11)17-8-4-2-3-7(12)5-8/h2-6H,1H3,(H,14,15,16). The summed E-state index contributed by atoms with van der Waals surface area (Å²) >= 11 is 5.79. The molecule has 88 valence electrons. The number of nitrogens with zero attached hydrogens (tertiary/aromatic N) is 2. The molecule has 6 heteroatoms. The van der Waals surface area contributed by atoms with Crippen molar-refractivity contribution in [2.24, 2.45) is 0 Å². The van der Waals surface area contributed by atoms with Crippen LogP contribution in [0, 0.1) is 5.82 Å². The summed E-state index contributed by atoms with van der Waals surface area (Å²) in [7, 11) is 1.64. The van der Waals surface area contributed by atoms with Gasteiger partial charge in [-0.05, 0) is 18.2 Å². The summed E-state index contributed by atoms with van der Waals surface area (Å²) in [6.07, 6.45) is 1.04. The molecular weight excluding hydrogens is 245 g/mol. The first-order chi connectivity index (χ1) is 8.19. The first-order valence-corrected chi connectivity index (χ1v) is 5.20. The predicted molar refractivity (Wildman–Crippen MR) is 63.1 cm³/mol. The maximum Gasteiger partial charge on any atom is 0.260 e. The van der Waals surface area contributed by atoms with E-state index in [9.17, 15) is 4.39 Å². The molecule has 1 aromatic heterocycles. The summed E-state index contributed by atoms with van der Waals surface area (Å²) < 4.78 is 18.7. The molecule has 2 rings (SSSR count). The zero-order chi connectivity index (χ0) is 12.3. The molecule has 0 aliphatic carbocycles. The Labute approximate surface area is 102 Å². The molecular formula is C11H9ClFN3O. The molecule has 0 saturated carbocycles. The van der Waals surface area contributed by atoms with Crippen molar-refractivity contribution in [3.63, 3.8) is 0 Å². The number of nitrogens with one attached hydrogen (secondary N) is 1. The lowest BCUT2D eigenvalue weighted by Crippen LogP contribution is -2.00. The highest BCUT2D eigenvalue weighted by molar-refractivity contribution is 6.30. The minimum Gasteiger partial charge on any atom is -0.436 e. The Morgan fingerprint density at radius 3 is 2.94 bits per heavy atom. The number of halogens is 2. The van der Waals surface area contributed by atoms with Gasteiger partial charge in [0, 0.05) is 12.1 Å². The maximum atomic E-state index is 13.4. The Morgan fingerprint density at radius 1 is 1.41 bits per heavy atom. The number of benzene rings is 1. The smallest absolute Gasteiger partial charge is 0.260 e. The minimum atomic E-state index is -0.635. The number of anilines is 1. The molecule has 0 aliphatic rings. The molecule has 0 spiro atoms. The lowest BCUT2D eigenvalue weighted by Gasteiger charge is -2.06. The van der Waals surface area contributed by atoms with Crippen LogP contribution in [0.4, 0.5) is 10.3 Å². The molecule has 0 unspecified atom stereocenters. The highest BCUT2D eigenvalue weighted by Crippen LogP contribution is 2.24. The van der Waals surface area contributed by atoms with Crippen molar-refractivity contribution < 1.29 is 9.13 Å². The van der Waals surface area contributed by atoms with Crippen LogP contribution >= 0.6 is 11.6 Å². The van der Waals surface area contributed by atoms with Crippen molar-refractivity contribution >= 4 is 17.5 Å². The Balaban J connectivity index is 2.29. The number of hydrogen-bond donors (Lipinski definition) is 1. The van der Waals surface area contributed by atoms with Crippen LogP contribution in [-0.4, -0.2) is 17.0 Å². The van der Waals surface area contributed by atoms with Gasteiger partial charge in [0.15, 0.2) is 0 Å². The van der Waals surface area contributed by atoms with Crippen LogP contribution in [0.2, 0.25) is 5.02 Å². The first-order valence-electron chi connectivity index (χ1n) is 4.83. The van der Waals surface area contributed by atoms with Crippen LogP contribution in [-0.2, 0) is 0 Å². The Kier molecular flexibility index (Phi) is 3.39. The quantitative estimate of drug-likeness (QED) is 0.913. The van der Waals surface area contributed by atoms with Gasteiger partial charge in [0.2, 0.25) is 11.8 Å². The van der Waals surface area contributed by atoms with Crippen molar-refractivity contribution in [2.45, 2.75) is 0 Å². The average molecular weight is 254 g/mol. The Hall–Kier alpha value is -1.88. The molecule has 0 aliphatic heterocycles. The summed E-state index contributed by atoms with van der Waals surface area (Å²) in [6.45, 7) is 0. The fourth-order valence-corrected chi connectivity index (χ4v) is 1.37. The van der Waals surface area contributed by atoms with E-state index in [-0.39, 0.29) is 11.8 Å². The van der Waals surface area contributed by atoms with E-state index in [0.29, 0.717) is 10.8 Å². The SMILES string of the molecule is CNc1ncc(F)c(Oc2cccc(Cl)c2)n1. The van der Waals surface area contributed by atoms with E-state index in [1.54, 1.807) is 31.3 Å². The molecule has 1 N–H and O–H groups in total. The molecule has 4 nitrogen and oxygen atoms in total. The average Bonchev–Trinajstić information content (AvgIpc) is 2.32. The fraction of sp³-hybridized carbons (Fsp3) is 0.0909. The second-order valence-electron chi connectivity index (χ2n) is 3.16. The van der Waals surface area contributed by atoms with Crippen LogP contribution in [0.1, 0.15) is 0 Å². The molecule has 1 aromatic carbocycles. The van der Waals surface area contributed by atoms with E-state index in [1.165, 1.54) is 0 Å². The lowest BCUT2D eigenvalue weighted by molar-refractivity contribution is 0.421. The summed E-state index contributed by atoms with van der Waals surface area (Å²) in [5.41, 5.74) is 0. The maximum absolute atomic E-state index is 13.4. The Bertz CT molecular complexity index is 536. The summed E-state index contributed by atoms with van der Waals surface area (Å²) in [6, 6.07) is 6.63. The van der Waals surface area contributed by atoms with Crippen molar-refractivity contribution in [1.29, 1.82) is 0 Å². The van der Waals surface area contributed by atoms with Gasteiger partial charge in [-0.2, -0.15) is 9.37 Å². The molecule has 0 bridgehead atoms. The van der Waals surface area contributed by atoms with Gasteiger partial charge >= 0.3 is 0 Å². The number of rotatable bonds is 3. The van der Waals surface area contributed by atoms with E-state index >= 15 is 0 Å². The van der Waals surface area contributed by atoms with Crippen molar-refractivity contribution in [2.75, 3.05) is 12.4 Å². The Morgan fingerprint density at radius 2 is 2.24 bits per heavy atom. The third kappa shape index (κ3) is 2.82. The highest BCUT2D eigenvalue weighted by Gasteiger charge is 2.08. The molecule has 0 saturated heterocycles. The molecule has 2 aromatic rings. The van der Waals surface area contributed by atoms with Gasteiger partial charge in [0.1, 0.15) is 5.75 Å². The topological polar surface area (TPSA) is 47.0 Å². The zero-order valence-corrected chi connectivity index (χ0v) is 9.70. The highest BCUT2D eigenvalue weighted by atomic mass is 35.5. The van der Waals surface area contributed by atoms with E-state index in [0.717, 1.165) is 6.20 Å². The van der Waals surface area contributed by atoms with E-state index in [1.807, 2.05) is 0 Å². The molecule has 0 atom stereocenters. The molecule has 1 heterocycles. The second kappa shape index (κ2) is 4.97. The molecule has 0 fully saturated rings. The van der Waals surface area contributed by atoms with Crippen LogP contribution in [0.5, 0.6) is 11.6 Å². The van der Waals surface area contributed by atoms with Gasteiger partial charge in [-0.1, -0.05) is 17.7 Å². The summed E-state index contributed by atoms with van der Waals surface area (Å²) in [5.74, 6) is -0.0869. The zero-order valence-electron chi connectivity index (χ0n) is 8.95. The largest absolute Gasteiger partial charge is 0.436 e. The fourth-order valence-electron chi connectivity index (χ4n) is 1.19. The summed E-state index contributed by atoms with van der Waals surface area (Å²) in [5, 5.41) is 3.20.